The van der Waals surface area contributed by atoms with Gasteiger partial charge in [-0.1, -0.05) is 0 Å². The number of rotatable bonds is 8. The fourth-order valence-corrected chi connectivity index (χ4v) is 4.14. The molecular formula is C23H32N6O4. The van der Waals surface area contributed by atoms with Crippen molar-refractivity contribution < 1.29 is 19.0 Å². The van der Waals surface area contributed by atoms with Gasteiger partial charge in [0.05, 0.1) is 18.8 Å². The Bertz CT molecular complexity index is 911. The second kappa shape index (κ2) is 9.86. The summed E-state index contributed by atoms with van der Waals surface area (Å²) in [6.45, 7) is 8.28. The maximum atomic E-state index is 12.4. The predicted octanol–water partition coefficient (Wildman–Crippen LogP) is 3.46. The Morgan fingerprint density at radius 2 is 1.97 bits per heavy atom. The zero-order valence-electron chi connectivity index (χ0n) is 19.5. The van der Waals surface area contributed by atoms with E-state index in [1.807, 2.05) is 26.8 Å². The van der Waals surface area contributed by atoms with Crippen molar-refractivity contribution in [2.45, 2.75) is 57.7 Å². The summed E-state index contributed by atoms with van der Waals surface area (Å²) < 4.78 is 17.0. The molecule has 10 heteroatoms. The largest absolute Gasteiger partial charge is 0.474 e. The lowest BCUT2D eigenvalue weighted by Crippen LogP contribution is -2.39. The van der Waals surface area contributed by atoms with Gasteiger partial charge < -0.3 is 19.5 Å². The van der Waals surface area contributed by atoms with E-state index in [0.29, 0.717) is 37.4 Å². The van der Waals surface area contributed by atoms with Gasteiger partial charge in [-0.15, -0.1) is 15.3 Å². The smallest absolute Gasteiger partial charge is 0.416 e. The molecule has 1 aliphatic heterocycles. The van der Waals surface area contributed by atoms with Crippen molar-refractivity contribution in [3.8, 4) is 5.88 Å². The molecule has 0 radical (unpaired) electrons. The van der Waals surface area contributed by atoms with Gasteiger partial charge in [0, 0.05) is 18.8 Å². The van der Waals surface area contributed by atoms with E-state index in [0.717, 1.165) is 38.0 Å². The van der Waals surface area contributed by atoms with Crippen LogP contribution in [0.3, 0.4) is 0 Å². The number of amides is 1. The van der Waals surface area contributed by atoms with Crippen molar-refractivity contribution in [3.63, 3.8) is 0 Å². The van der Waals surface area contributed by atoms with Gasteiger partial charge >= 0.3 is 6.09 Å². The Morgan fingerprint density at radius 1 is 1.15 bits per heavy atom. The maximum Gasteiger partial charge on any atom is 0.416 e. The number of anilines is 2. The molecule has 33 heavy (non-hydrogen) atoms. The summed E-state index contributed by atoms with van der Waals surface area (Å²) in [6.07, 6.45) is 4.85. The van der Waals surface area contributed by atoms with E-state index < -0.39 is 5.60 Å². The lowest BCUT2D eigenvalue weighted by atomic mass is 9.78. The molecule has 2 fully saturated rings. The highest BCUT2D eigenvalue weighted by molar-refractivity contribution is 5.89. The van der Waals surface area contributed by atoms with Crippen molar-refractivity contribution in [2.75, 3.05) is 36.5 Å². The normalized spacial score (nSPS) is 22.9. The SMILES string of the molecule is CC(C)(C)OCCOc1ccc(NC[C@H]2CC[C@]3(CC2)CN(c2cccnn2)C(=O)O3)nn1. The molecule has 1 amide bonds. The van der Waals surface area contributed by atoms with Crippen molar-refractivity contribution in [2.24, 2.45) is 5.92 Å². The molecule has 0 aromatic carbocycles. The molecular weight excluding hydrogens is 424 g/mol. The third-order valence-electron chi connectivity index (χ3n) is 5.90. The van der Waals surface area contributed by atoms with Crippen LogP contribution in [0.25, 0.3) is 0 Å². The molecule has 1 aliphatic carbocycles. The molecule has 0 unspecified atom stereocenters. The van der Waals surface area contributed by atoms with E-state index >= 15 is 0 Å². The summed E-state index contributed by atoms with van der Waals surface area (Å²) in [4.78, 5) is 14.0. The van der Waals surface area contributed by atoms with Crippen LogP contribution in [-0.2, 0) is 9.47 Å². The van der Waals surface area contributed by atoms with Crippen LogP contribution in [0.1, 0.15) is 46.5 Å². The summed E-state index contributed by atoms with van der Waals surface area (Å²) in [5.41, 5.74) is -0.614. The summed E-state index contributed by atoms with van der Waals surface area (Å²) in [5.74, 6) is 2.21. The van der Waals surface area contributed by atoms with Crippen molar-refractivity contribution >= 4 is 17.7 Å². The molecule has 1 N–H and O–H groups in total. The second-order valence-electron chi connectivity index (χ2n) is 9.61. The molecule has 2 aromatic rings. The van der Waals surface area contributed by atoms with Gasteiger partial charge in [0.15, 0.2) is 5.82 Å². The topological polar surface area (TPSA) is 112 Å². The van der Waals surface area contributed by atoms with E-state index in [4.69, 9.17) is 14.2 Å². The van der Waals surface area contributed by atoms with Crippen LogP contribution < -0.4 is 15.0 Å². The quantitative estimate of drug-likeness (QED) is 0.597. The van der Waals surface area contributed by atoms with E-state index in [9.17, 15) is 4.79 Å². The summed E-state index contributed by atoms with van der Waals surface area (Å²) in [6, 6.07) is 7.22. The first-order valence-corrected chi connectivity index (χ1v) is 11.4. The number of hydrogen-bond acceptors (Lipinski definition) is 9. The van der Waals surface area contributed by atoms with E-state index in [1.165, 1.54) is 0 Å². The Hall–Kier alpha value is -3.01. The van der Waals surface area contributed by atoms with Gasteiger partial charge in [-0.25, -0.2) is 4.79 Å². The Labute approximate surface area is 194 Å². The van der Waals surface area contributed by atoms with Gasteiger partial charge in [-0.2, -0.15) is 5.10 Å². The predicted molar refractivity (Wildman–Crippen MR) is 122 cm³/mol. The number of nitrogens with one attached hydrogen (secondary N) is 1. The highest BCUT2D eigenvalue weighted by atomic mass is 16.6. The molecule has 3 heterocycles. The standard InChI is InChI=1S/C23H32N6O4/c1-22(2,3)32-14-13-31-20-7-6-18(26-28-20)24-15-17-8-10-23(11-9-17)16-29(21(30)33-23)19-5-4-12-25-27-19/h4-7,12,17H,8-11,13-16H2,1-3H3,(H,24,26)/t17-,23-. The lowest BCUT2D eigenvalue weighted by molar-refractivity contribution is -0.0169. The maximum absolute atomic E-state index is 12.4. The molecule has 2 aliphatic rings. The Balaban J connectivity index is 1.19. The van der Waals surface area contributed by atoms with Gasteiger partial charge in [0.2, 0.25) is 5.88 Å². The number of nitrogens with zero attached hydrogens (tertiary/aromatic N) is 5. The Morgan fingerprint density at radius 3 is 2.64 bits per heavy atom. The summed E-state index contributed by atoms with van der Waals surface area (Å²) in [7, 11) is 0. The first kappa shape index (κ1) is 23.2. The number of hydrogen-bond donors (Lipinski definition) is 1. The summed E-state index contributed by atoms with van der Waals surface area (Å²) >= 11 is 0. The van der Waals surface area contributed by atoms with Crippen LogP contribution in [0.4, 0.5) is 16.4 Å². The van der Waals surface area contributed by atoms with Crippen molar-refractivity contribution in [1.82, 2.24) is 20.4 Å². The van der Waals surface area contributed by atoms with Gasteiger partial charge in [0.1, 0.15) is 18.0 Å². The third kappa shape index (κ3) is 6.28. The first-order valence-electron chi connectivity index (χ1n) is 11.4. The van der Waals surface area contributed by atoms with Crippen LogP contribution in [0, 0.1) is 5.92 Å². The van der Waals surface area contributed by atoms with Crippen molar-refractivity contribution in [3.05, 3.63) is 30.5 Å². The first-order chi connectivity index (χ1) is 15.8. The molecule has 0 bridgehead atoms. The minimum absolute atomic E-state index is 0.184. The molecule has 178 valence electrons. The molecule has 10 nitrogen and oxygen atoms in total. The molecule has 4 rings (SSSR count). The summed E-state index contributed by atoms with van der Waals surface area (Å²) in [5, 5.41) is 19.6. The monoisotopic (exact) mass is 456 g/mol. The number of aromatic nitrogens is 4. The van der Waals surface area contributed by atoms with Crippen LogP contribution in [-0.4, -0.2) is 64.0 Å². The number of carbonyl (C=O) groups excluding carboxylic acids is 1. The second-order valence-corrected chi connectivity index (χ2v) is 9.61. The third-order valence-corrected chi connectivity index (χ3v) is 5.90. The molecule has 1 saturated carbocycles. The zero-order valence-corrected chi connectivity index (χ0v) is 19.5. The highest BCUT2D eigenvalue weighted by Gasteiger charge is 2.48. The fourth-order valence-electron chi connectivity index (χ4n) is 4.14. The molecule has 1 spiro atoms. The molecule has 1 saturated heterocycles. The van der Waals surface area contributed by atoms with Gasteiger partial charge in [-0.3, -0.25) is 4.90 Å². The van der Waals surface area contributed by atoms with E-state index in [2.05, 4.69) is 25.7 Å². The zero-order chi connectivity index (χ0) is 23.3. The molecule has 2 aromatic heterocycles. The van der Waals surface area contributed by atoms with Crippen molar-refractivity contribution in [1.29, 1.82) is 0 Å². The van der Waals surface area contributed by atoms with Gasteiger partial charge in [0.25, 0.3) is 0 Å². The molecule has 0 atom stereocenters. The average Bonchev–Trinajstić information content (AvgIpc) is 3.13. The van der Waals surface area contributed by atoms with E-state index in [-0.39, 0.29) is 11.7 Å². The Kier molecular flexibility index (Phi) is 6.92. The van der Waals surface area contributed by atoms with Crippen LogP contribution >= 0.6 is 0 Å². The highest BCUT2D eigenvalue weighted by Crippen LogP contribution is 2.40. The lowest BCUT2D eigenvalue weighted by Gasteiger charge is -2.35. The average molecular weight is 457 g/mol. The van der Waals surface area contributed by atoms with Crippen LogP contribution in [0.5, 0.6) is 5.88 Å². The van der Waals surface area contributed by atoms with Crippen LogP contribution in [0.15, 0.2) is 30.5 Å². The number of carbonyl (C=O) groups is 1. The minimum atomic E-state index is -0.430. The fraction of sp³-hybridized carbons (Fsp3) is 0.609. The number of ether oxygens (including phenoxy) is 3. The van der Waals surface area contributed by atoms with E-state index in [1.54, 1.807) is 29.3 Å². The van der Waals surface area contributed by atoms with Crippen LogP contribution in [0.2, 0.25) is 0 Å². The minimum Gasteiger partial charge on any atom is -0.474 e. The van der Waals surface area contributed by atoms with Gasteiger partial charge in [-0.05, 0) is 70.6 Å².